The minimum atomic E-state index is -5.39. The van der Waals surface area contributed by atoms with Crippen molar-refractivity contribution in [2.24, 2.45) is 5.73 Å². The molecule has 13 N–H and O–H groups in total. The summed E-state index contributed by atoms with van der Waals surface area (Å²) in [5.74, 6) is 0.128. The van der Waals surface area contributed by atoms with E-state index in [1.807, 2.05) is 77.6 Å². The first kappa shape index (κ1) is 46.7. The highest BCUT2D eigenvalue weighted by atomic mass is 35.5. The van der Waals surface area contributed by atoms with E-state index in [2.05, 4.69) is 0 Å². The van der Waals surface area contributed by atoms with Crippen molar-refractivity contribution in [1.82, 2.24) is 0 Å². The molecule has 0 saturated carbocycles. The van der Waals surface area contributed by atoms with E-state index in [0.29, 0.717) is 19.3 Å². The Morgan fingerprint density at radius 2 is 1.14 bits per heavy atom. The fourth-order valence-electron chi connectivity index (χ4n) is 0.743. The predicted molar refractivity (Wildman–Crippen MR) is 106 cm³/mol. The summed E-state index contributed by atoms with van der Waals surface area (Å²) in [5.41, 5.74) is 5.09. The van der Waals surface area contributed by atoms with E-state index < -0.39 is 20.0 Å². The van der Waals surface area contributed by atoms with Crippen molar-refractivity contribution in [1.29, 1.82) is 5.41 Å². The summed E-state index contributed by atoms with van der Waals surface area (Å²) in [6.07, 6.45) is 0.263. The summed E-state index contributed by atoms with van der Waals surface area (Å²) in [5, 5.41) is 32.8. The van der Waals surface area contributed by atoms with Crippen LogP contribution in [0.4, 0.5) is 0 Å². The lowest BCUT2D eigenvalue weighted by Gasteiger charge is -2.36. The molecule has 0 spiro atoms. The molecule has 0 aliphatic rings. The first-order valence-corrected chi connectivity index (χ1v) is 10.5. The molecule has 0 aromatic carbocycles. The maximum atomic E-state index is 9.08. The molecule has 186 valence electrons. The van der Waals surface area contributed by atoms with Crippen molar-refractivity contribution in [3.8, 4) is 0 Å². The second-order valence-electron chi connectivity index (χ2n) is 5.48. The van der Waals surface area contributed by atoms with Crippen LogP contribution in [0.15, 0.2) is 0 Å². The van der Waals surface area contributed by atoms with Crippen LogP contribution >= 0.6 is 7.82 Å². The van der Waals surface area contributed by atoms with Gasteiger partial charge in [0.15, 0.2) is 0 Å². The summed E-state index contributed by atoms with van der Waals surface area (Å²) >= 11 is 0. The van der Waals surface area contributed by atoms with Gasteiger partial charge < -0.3 is 68.9 Å². The molecule has 0 aliphatic heterocycles. The number of nitrogens with one attached hydrogen (secondary N) is 1. The highest BCUT2D eigenvalue weighted by molar-refractivity contribution is 7.40. The third-order valence-corrected chi connectivity index (χ3v) is 1.50. The van der Waals surface area contributed by atoms with Gasteiger partial charge >= 0.3 is 0 Å². The molecule has 0 rings (SSSR count). The van der Waals surface area contributed by atoms with Crippen LogP contribution in [0.1, 0.15) is 26.2 Å². The Labute approximate surface area is 183 Å². The Balaban J connectivity index is -0.0000000453. The minimum Gasteiger partial charge on any atom is -1.00 e. The smallest absolute Gasteiger partial charge is 0.0905 e. The molecule has 0 aromatic rings. The molecule has 0 fully saturated rings. The number of quaternary nitrogens is 4. The van der Waals surface area contributed by atoms with Gasteiger partial charge in [-0.2, -0.15) is 7.82 Å². The van der Waals surface area contributed by atoms with E-state index in [9.17, 15) is 0 Å². The van der Waals surface area contributed by atoms with Crippen LogP contribution in [0.3, 0.4) is 0 Å². The van der Waals surface area contributed by atoms with E-state index in [1.165, 1.54) is 0 Å². The summed E-state index contributed by atoms with van der Waals surface area (Å²) in [7, 11) is 10.6. The number of hydrogen-bond donors (Lipinski definition) is 8. The maximum Gasteiger partial charge on any atom is 0.0905 e. The molecule has 12 nitrogen and oxygen atoms in total. The van der Waals surface area contributed by atoms with E-state index >= 15 is 0 Å². The number of halogens is 1. The van der Waals surface area contributed by atoms with Gasteiger partial charge in [-0.1, -0.05) is 0 Å². The first-order chi connectivity index (χ1) is 12.7. The Morgan fingerprint density at radius 1 is 0.931 bits per heavy atom. The molecule has 0 saturated heterocycles. The molecule has 0 bridgehead atoms. The lowest BCUT2D eigenvalue weighted by Crippen LogP contribution is -3.00. The number of nitrogens with two attached hydrogens (primary N) is 5. The zero-order valence-corrected chi connectivity index (χ0v) is 21.2. The number of amidine groups is 1. The van der Waals surface area contributed by atoms with Crippen LogP contribution in [-0.4, -0.2) is 84.6 Å². The standard InChI is InChI=1S/C7H16N2O2.4C2H7N.ClH.H3O4P/c1-5(10)6(11)3-2-4-7(8)9;4*1-3-2;;1-5(2,3)4/h5-6,10-11H,2-4H2,1H3,(H3,8,9);4*3H,1-2H3;1H;(H3,1,2,3,4). The van der Waals surface area contributed by atoms with Gasteiger partial charge in [-0.25, -0.2) is 0 Å². The van der Waals surface area contributed by atoms with Crippen molar-refractivity contribution in [2.75, 3.05) is 56.4 Å². The highest BCUT2D eigenvalue weighted by Crippen LogP contribution is 2.04. The van der Waals surface area contributed by atoms with Gasteiger partial charge in [0.1, 0.15) is 0 Å². The number of aliphatic hydroxyl groups excluding tert-OH is 2. The minimum absolute atomic E-state index is 0. The quantitative estimate of drug-likeness (QED) is 0.108. The third kappa shape index (κ3) is 196. The molecule has 0 radical (unpaired) electrons. The lowest BCUT2D eigenvalue weighted by molar-refractivity contribution is -0.597. The van der Waals surface area contributed by atoms with E-state index in [4.69, 9.17) is 40.6 Å². The van der Waals surface area contributed by atoms with E-state index in [1.54, 1.807) is 6.92 Å². The highest BCUT2D eigenvalue weighted by Gasteiger charge is 2.09. The van der Waals surface area contributed by atoms with Gasteiger partial charge in [0.05, 0.1) is 74.4 Å². The number of rotatable bonds is 5. The second-order valence-corrected chi connectivity index (χ2v) is 6.38. The molecule has 0 amide bonds. The van der Waals surface area contributed by atoms with Gasteiger partial charge in [0.25, 0.3) is 0 Å². The molecule has 0 aliphatic carbocycles. The number of aliphatic hydroxyl groups is 2. The molecular formula is C15H48ClN6O6P. The fourth-order valence-corrected chi connectivity index (χ4v) is 0.743. The Morgan fingerprint density at radius 3 is 1.28 bits per heavy atom. The van der Waals surface area contributed by atoms with Gasteiger partial charge in [0, 0.05) is 6.42 Å². The van der Waals surface area contributed by atoms with Crippen molar-refractivity contribution in [3.05, 3.63) is 0 Å². The summed E-state index contributed by atoms with van der Waals surface area (Å²) in [6, 6.07) is 0. The summed E-state index contributed by atoms with van der Waals surface area (Å²) < 4.78 is 8.55. The second kappa shape index (κ2) is 41.9. The average Bonchev–Trinajstić information content (AvgIpc) is 2.48. The molecule has 2 atom stereocenters. The zero-order chi connectivity index (χ0) is 24.2. The molecule has 0 heterocycles. The monoisotopic (exact) mass is 474 g/mol. The predicted octanol–water partition coefficient (Wildman–Crippen LogP) is -10.7. The molecule has 2 unspecified atom stereocenters. The van der Waals surface area contributed by atoms with Crippen LogP contribution < -0.4 is 54.1 Å². The van der Waals surface area contributed by atoms with E-state index in [0.717, 1.165) is 0 Å². The first-order valence-electron chi connectivity index (χ1n) is 9.08. The maximum absolute atomic E-state index is 9.08. The van der Waals surface area contributed by atoms with Crippen molar-refractivity contribution in [2.45, 2.75) is 38.4 Å². The third-order valence-electron chi connectivity index (χ3n) is 1.50. The van der Waals surface area contributed by atoms with Gasteiger partial charge in [0.2, 0.25) is 0 Å². The van der Waals surface area contributed by atoms with Crippen molar-refractivity contribution >= 4 is 13.7 Å². The average molecular weight is 475 g/mol. The molecule has 14 heteroatoms. The van der Waals surface area contributed by atoms with Crippen LogP contribution in [-0.2, 0) is 4.57 Å². The van der Waals surface area contributed by atoms with Crippen molar-refractivity contribution in [3.63, 3.8) is 0 Å². The SMILES string of the molecule is CC(O)C(O)CCCC(=N)N.C[NH2+]C.C[NH2+]C.C[NH2+]C.C[NH2+]C.O=P([O-])([O-])[O-].[Cl-]. The van der Waals surface area contributed by atoms with Gasteiger partial charge in [-0.15, -0.1) is 0 Å². The van der Waals surface area contributed by atoms with Crippen molar-refractivity contribution < 1.29 is 63.1 Å². The normalized spacial score (nSPS) is 10.6. The van der Waals surface area contributed by atoms with Crippen LogP contribution in [0.5, 0.6) is 0 Å². The summed E-state index contributed by atoms with van der Waals surface area (Å²) in [4.78, 5) is 25.6. The Kier molecular flexibility index (Phi) is 67.5. The largest absolute Gasteiger partial charge is 1.00 e. The van der Waals surface area contributed by atoms with Gasteiger partial charge in [-0.05, 0) is 19.8 Å². The molecule has 0 aromatic heterocycles. The Hall–Kier alpha value is -0.370. The van der Waals surface area contributed by atoms with Crippen LogP contribution in [0, 0.1) is 5.41 Å². The molecular weight excluding hydrogens is 427 g/mol. The lowest BCUT2D eigenvalue weighted by atomic mass is 10.1. The van der Waals surface area contributed by atoms with Gasteiger partial charge in [-0.3, -0.25) is 5.41 Å². The van der Waals surface area contributed by atoms with E-state index in [-0.39, 0.29) is 18.2 Å². The zero-order valence-electron chi connectivity index (χ0n) is 19.5. The Bertz CT molecular complexity index is 299. The molecule has 29 heavy (non-hydrogen) atoms. The van der Waals surface area contributed by atoms with Crippen LogP contribution in [0.2, 0.25) is 0 Å². The topological polar surface area (TPSA) is 243 Å². The fraction of sp³-hybridized carbons (Fsp3) is 0.933. The van der Waals surface area contributed by atoms with Crippen LogP contribution in [0.25, 0.3) is 0 Å². The summed E-state index contributed by atoms with van der Waals surface area (Å²) in [6.45, 7) is 1.54. The number of hydrogen-bond acceptors (Lipinski definition) is 7. The number of phosphoric acid groups is 1.